The van der Waals surface area contributed by atoms with Gasteiger partial charge in [-0.15, -0.1) is 11.6 Å². The Morgan fingerprint density at radius 1 is 1.67 bits per heavy atom. The Balaban J connectivity index is 2.49. The Labute approximate surface area is 41.5 Å². The van der Waals surface area contributed by atoms with Crippen LogP contribution in [0.4, 0.5) is 0 Å². The molecular weight excluding hydrogens is 101 g/mol. The van der Waals surface area contributed by atoms with Crippen molar-refractivity contribution in [2.75, 3.05) is 12.4 Å². The highest BCUT2D eigenvalue weighted by atomic mass is 35.5. The van der Waals surface area contributed by atoms with Gasteiger partial charge in [-0.05, 0) is 6.42 Å². The molecule has 0 saturated heterocycles. The van der Waals surface area contributed by atoms with Crippen molar-refractivity contribution in [3.8, 4) is 0 Å². The Kier molecular flexibility index (Phi) is 4.80. The van der Waals surface area contributed by atoms with Gasteiger partial charge in [-0.2, -0.15) is 4.91 Å². The first kappa shape index (κ1) is 5.89. The van der Waals surface area contributed by atoms with Gasteiger partial charge in [0.15, 0.2) is 0 Å². The maximum atomic E-state index is 9.26. The molecule has 0 fully saturated rings. The zero-order valence-electron chi connectivity index (χ0n) is 3.35. The average molecular weight is 108 g/mol. The summed E-state index contributed by atoms with van der Waals surface area (Å²) >= 11 is 5.18. The summed E-state index contributed by atoms with van der Waals surface area (Å²) in [6, 6.07) is 0. The summed E-state index contributed by atoms with van der Waals surface area (Å²) in [4.78, 5) is 9.26. The molecule has 0 aliphatic carbocycles. The van der Waals surface area contributed by atoms with Crippen molar-refractivity contribution in [3.63, 3.8) is 0 Å². The van der Waals surface area contributed by atoms with Crippen LogP contribution in [0.3, 0.4) is 0 Å². The Hall–Kier alpha value is -0.110. The molecule has 0 spiro atoms. The Morgan fingerprint density at radius 2 is 2.33 bits per heavy atom. The van der Waals surface area contributed by atoms with Gasteiger partial charge in [0.1, 0.15) is 0 Å². The van der Waals surface area contributed by atoms with Crippen LogP contribution in [0.15, 0.2) is 5.18 Å². The zero-order chi connectivity index (χ0) is 4.83. The van der Waals surface area contributed by atoms with E-state index in [9.17, 15) is 4.91 Å². The highest BCUT2D eigenvalue weighted by molar-refractivity contribution is 6.17. The first-order valence-corrected chi connectivity index (χ1v) is 2.30. The maximum Gasteiger partial charge on any atom is 0.0822 e. The summed E-state index contributed by atoms with van der Waals surface area (Å²) in [7, 11) is 0. The molecule has 0 unspecified atom stereocenters. The highest BCUT2D eigenvalue weighted by Gasteiger charge is 1.77. The minimum absolute atomic E-state index is 0.351. The molecular formula is C3H6ClNO. The van der Waals surface area contributed by atoms with E-state index in [4.69, 9.17) is 11.6 Å². The molecule has 0 heterocycles. The van der Waals surface area contributed by atoms with E-state index in [1.807, 2.05) is 0 Å². The predicted octanol–water partition coefficient (Wildman–Crippen LogP) is 1.38. The molecule has 3 heteroatoms. The second kappa shape index (κ2) is 4.89. The van der Waals surface area contributed by atoms with Crippen LogP contribution in [-0.2, 0) is 0 Å². The summed E-state index contributed by atoms with van der Waals surface area (Å²) in [5, 5.41) is 2.59. The molecule has 0 N–H and O–H groups in total. The summed E-state index contributed by atoms with van der Waals surface area (Å²) in [6.45, 7) is 0.351. The number of nitrogens with zero attached hydrogens (tertiary/aromatic N) is 1. The van der Waals surface area contributed by atoms with E-state index in [-0.39, 0.29) is 0 Å². The van der Waals surface area contributed by atoms with Crippen LogP contribution in [-0.4, -0.2) is 12.4 Å². The van der Waals surface area contributed by atoms with Crippen molar-refractivity contribution < 1.29 is 0 Å². The summed E-state index contributed by atoms with van der Waals surface area (Å²) < 4.78 is 0. The van der Waals surface area contributed by atoms with Crippen LogP contribution in [0.2, 0.25) is 0 Å². The van der Waals surface area contributed by atoms with Crippen LogP contribution in [0.1, 0.15) is 6.42 Å². The van der Waals surface area contributed by atoms with Gasteiger partial charge in [0.2, 0.25) is 0 Å². The smallest absolute Gasteiger partial charge is 0.0822 e. The normalized spacial score (nSPS) is 8.17. The van der Waals surface area contributed by atoms with Crippen LogP contribution in [0.5, 0.6) is 0 Å². The number of hydrogen-bond acceptors (Lipinski definition) is 2. The fourth-order valence-corrected chi connectivity index (χ4v) is 0.244. The molecule has 0 saturated carbocycles. The maximum absolute atomic E-state index is 9.26. The van der Waals surface area contributed by atoms with Crippen LogP contribution >= 0.6 is 11.6 Å². The van der Waals surface area contributed by atoms with Gasteiger partial charge in [-0.25, -0.2) is 0 Å². The molecule has 0 aliphatic rings. The first-order chi connectivity index (χ1) is 2.91. The molecule has 0 aromatic heterocycles. The number of halogens is 1. The van der Waals surface area contributed by atoms with Crippen molar-refractivity contribution in [1.82, 2.24) is 0 Å². The van der Waals surface area contributed by atoms with Crippen LogP contribution in [0, 0.1) is 4.91 Å². The Bertz CT molecular complexity index is 39.8. The second-order valence-electron chi connectivity index (χ2n) is 0.895. The lowest BCUT2D eigenvalue weighted by molar-refractivity contribution is 0.932. The van der Waals surface area contributed by atoms with Gasteiger partial charge < -0.3 is 0 Å². The quantitative estimate of drug-likeness (QED) is 0.304. The van der Waals surface area contributed by atoms with Gasteiger partial charge in [0.25, 0.3) is 0 Å². The van der Waals surface area contributed by atoms with Crippen molar-refractivity contribution >= 4 is 11.6 Å². The van der Waals surface area contributed by atoms with Crippen molar-refractivity contribution in [3.05, 3.63) is 4.91 Å². The third-order valence-corrected chi connectivity index (χ3v) is 0.650. The molecule has 0 aromatic carbocycles. The molecule has 2 nitrogen and oxygen atoms in total. The predicted molar refractivity (Wildman–Crippen MR) is 26.0 cm³/mol. The first-order valence-electron chi connectivity index (χ1n) is 1.77. The lowest BCUT2D eigenvalue weighted by Gasteiger charge is -1.76. The SMILES string of the molecule is O=NCCCCl. The van der Waals surface area contributed by atoms with E-state index in [2.05, 4.69) is 5.18 Å². The minimum atomic E-state index is 0.351. The summed E-state index contributed by atoms with van der Waals surface area (Å²) in [6.07, 6.45) is 0.699. The fraction of sp³-hybridized carbons (Fsp3) is 1.00. The van der Waals surface area contributed by atoms with E-state index in [1.54, 1.807) is 0 Å². The molecule has 0 rings (SSSR count). The molecule has 0 amide bonds. The van der Waals surface area contributed by atoms with Gasteiger partial charge in [-0.3, -0.25) is 0 Å². The fourth-order valence-electron chi connectivity index (χ4n) is 0.124. The zero-order valence-corrected chi connectivity index (χ0v) is 4.11. The van der Waals surface area contributed by atoms with Gasteiger partial charge in [0, 0.05) is 5.88 Å². The molecule has 0 aromatic rings. The number of hydrogen-bond donors (Lipinski definition) is 0. The summed E-state index contributed by atoms with van der Waals surface area (Å²) in [5.41, 5.74) is 0. The minimum Gasteiger partial charge on any atom is -0.151 e. The topological polar surface area (TPSA) is 29.4 Å². The van der Waals surface area contributed by atoms with Crippen LogP contribution in [0.25, 0.3) is 0 Å². The van der Waals surface area contributed by atoms with E-state index in [1.165, 1.54) is 0 Å². The van der Waals surface area contributed by atoms with Crippen molar-refractivity contribution in [2.45, 2.75) is 6.42 Å². The monoisotopic (exact) mass is 107 g/mol. The van der Waals surface area contributed by atoms with E-state index >= 15 is 0 Å². The van der Waals surface area contributed by atoms with Gasteiger partial charge in [-0.1, -0.05) is 5.18 Å². The molecule has 0 bridgehead atoms. The standard InChI is InChI=1S/C3H6ClNO/c4-2-1-3-5-6/h1-3H2. The Morgan fingerprint density at radius 3 is 2.50 bits per heavy atom. The number of rotatable bonds is 3. The third-order valence-electron chi connectivity index (χ3n) is 0.383. The molecule has 36 valence electrons. The third kappa shape index (κ3) is 3.89. The average Bonchev–Trinajstić information content (AvgIpc) is 1.61. The van der Waals surface area contributed by atoms with E-state index in [0.29, 0.717) is 18.8 Å². The largest absolute Gasteiger partial charge is 0.151 e. The number of alkyl halides is 1. The molecule has 0 radical (unpaired) electrons. The molecule has 0 aliphatic heterocycles. The number of nitroso groups, excluding NO2 is 1. The lowest BCUT2D eigenvalue weighted by Crippen LogP contribution is -1.76. The molecule has 0 atom stereocenters. The lowest BCUT2D eigenvalue weighted by atomic mass is 10.5. The van der Waals surface area contributed by atoms with E-state index < -0.39 is 0 Å². The van der Waals surface area contributed by atoms with Crippen LogP contribution < -0.4 is 0 Å². The highest BCUT2D eigenvalue weighted by Crippen LogP contribution is 1.82. The molecule has 6 heavy (non-hydrogen) atoms. The van der Waals surface area contributed by atoms with Gasteiger partial charge in [0.05, 0.1) is 6.54 Å². The second-order valence-corrected chi connectivity index (χ2v) is 1.27. The summed E-state index contributed by atoms with van der Waals surface area (Å²) in [5.74, 6) is 0.533. The van der Waals surface area contributed by atoms with Gasteiger partial charge >= 0.3 is 0 Å². The van der Waals surface area contributed by atoms with E-state index in [0.717, 1.165) is 0 Å². The van der Waals surface area contributed by atoms with Crippen molar-refractivity contribution in [2.24, 2.45) is 5.18 Å². The van der Waals surface area contributed by atoms with Crippen molar-refractivity contribution in [1.29, 1.82) is 0 Å².